The highest BCUT2D eigenvalue weighted by Gasteiger charge is 2.12. The molecule has 0 aliphatic rings. The van der Waals surface area contributed by atoms with Gasteiger partial charge in [0, 0.05) is 32.9 Å². The van der Waals surface area contributed by atoms with Crippen molar-refractivity contribution < 1.29 is 0 Å². The van der Waals surface area contributed by atoms with Gasteiger partial charge < -0.3 is 9.13 Å². The third-order valence-electron chi connectivity index (χ3n) is 7.71. The molecule has 8 aromatic rings. The molecule has 2 nitrogen and oxygen atoms in total. The number of para-hydroxylation sites is 4. The SMILES string of the molecule is Cc1ccc(-n2c3ccccc3c3ccccc32)cc1.Cc1ccc2c(c1)c1ccccc1n2-c1ccccc1. The van der Waals surface area contributed by atoms with E-state index in [1.165, 1.54) is 66.1 Å². The number of hydrogen-bond donors (Lipinski definition) is 0. The van der Waals surface area contributed by atoms with Crippen LogP contribution in [0.5, 0.6) is 0 Å². The smallest absolute Gasteiger partial charge is 0.0541 e. The molecule has 0 bridgehead atoms. The summed E-state index contributed by atoms with van der Waals surface area (Å²) >= 11 is 0. The third kappa shape index (κ3) is 4.06. The summed E-state index contributed by atoms with van der Waals surface area (Å²) in [6.45, 7) is 4.27. The molecular formula is C38H30N2. The van der Waals surface area contributed by atoms with Gasteiger partial charge in [0.05, 0.1) is 22.1 Å². The molecule has 0 aliphatic heterocycles. The maximum atomic E-state index is 2.34. The molecule has 2 heteroatoms. The molecule has 0 amide bonds. The van der Waals surface area contributed by atoms with Gasteiger partial charge in [0.15, 0.2) is 0 Å². The van der Waals surface area contributed by atoms with Crippen LogP contribution in [0.4, 0.5) is 0 Å². The van der Waals surface area contributed by atoms with Crippen LogP contribution in [0.3, 0.4) is 0 Å². The first-order chi connectivity index (χ1) is 19.7. The largest absolute Gasteiger partial charge is 0.309 e. The molecular weight excluding hydrogens is 484 g/mol. The van der Waals surface area contributed by atoms with Crippen LogP contribution in [-0.2, 0) is 0 Å². The summed E-state index contributed by atoms with van der Waals surface area (Å²) in [6.07, 6.45) is 0. The van der Waals surface area contributed by atoms with Crippen molar-refractivity contribution >= 4 is 43.6 Å². The molecule has 0 saturated heterocycles. The third-order valence-corrected chi connectivity index (χ3v) is 7.71. The van der Waals surface area contributed by atoms with E-state index in [4.69, 9.17) is 0 Å². The summed E-state index contributed by atoms with van der Waals surface area (Å²) in [4.78, 5) is 0. The lowest BCUT2D eigenvalue weighted by atomic mass is 10.1. The molecule has 2 aromatic heterocycles. The minimum absolute atomic E-state index is 1.21. The lowest BCUT2D eigenvalue weighted by molar-refractivity contribution is 1.17. The predicted molar refractivity (Wildman–Crippen MR) is 171 cm³/mol. The van der Waals surface area contributed by atoms with E-state index >= 15 is 0 Å². The van der Waals surface area contributed by atoms with Crippen LogP contribution in [0.2, 0.25) is 0 Å². The van der Waals surface area contributed by atoms with E-state index < -0.39 is 0 Å². The quantitative estimate of drug-likeness (QED) is 0.217. The Bertz CT molecular complexity index is 2060. The second kappa shape index (κ2) is 9.91. The van der Waals surface area contributed by atoms with Gasteiger partial charge in [-0.1, -0.05) is 102 Å². The average molecular weight is 515 g/mol. The zero-order chi connectivity index (χ0) is 27.1. The summed E-state index contributed by atoms with van der Waals surface area (Å²) in [6, 6.07) is 51.7. The molecule has 6 aromatic carbocycles. The van der Waals surface area contributed by atoms with E-state index in [1.807, 2.05) is 0 Å². The van der Waals surface area contributed by atoms with E-state index in [0.717, 1.165) is 0 Å². The minimum Gasteiger partial charge on any atom is -0.309 e. The highest BCUT2D eigenvalue weighted by Crippen LogP contribution is 2.33. The van der Waals surface area contributed by atoms with E-state index in [0.29, 0.717) is 0 Å². The number of hydrogen-bond acceptors (Lipinski definition) is 0. The van der Waals surface area contributed by atoms with Crippen LogP contribution in [0.15, 0.2) is 146 Å². The Labute approximate surface area is 234 Å². The fraction of sp³-hybridized carbons (Fsp3) is 0.0526. The van der Waals surface area contributed by atoms with Crippen LogP contribution in [0, 0.1) is 13.8 Å². The van der Waals surface area contributed by atoms with E-state index in [-0.39, 0.29) is 0 Å². The molecule has 0 spiro atoms. The van der Waals surface area contributed by atoms with Crippen molar-refractivity contribution in [1.82, 2.24) is 9.13 Å². The summed E-state index contributed by atoms with van der Waals surface area (Å²) in [5, 5.41) is 5.26. The van der Waals surface area contributed by atoms with E-state index in [2.05, 4.69) is 169 Å². The molecule has 0 fully saturated rings. The average Bonchev–Trinajstić information content (AvgIpc) is 3.51. The van der Waals surface area contributed by atoms with Gasteiger partial charge in [-0.3, -0.25) is 0 Å². The first-order valence-corrected chi connectivity index (χ1v) is 13.8. The zero-order valence-corrected chi connectivity index (χ0v) is 22.8. The van der Waals surface area contributed by atoms with Crippen molar-refractivity contribution in [2.24, 2.45) is 0 Å². The Morgan fingerprint density at radius 3 is 1.27 bits per heavy atom. The maximum absolute atomic E-state index is 2.34. The summed E-state index contributed by atoms with van der Waals surface area (Å²) < 4.78 is 4.67. The molecule has 8 rings (SSSR count). The fourth-order valence-corrected chi connectivity index (χ4v) is 5.84. The first-order valence-electron chi connectivity index (χ1n) is 13.8. The number of nitrogens with zero attached hydrogens (tertiary/aromatic N) is 2. The molecule has 0 unspecified atom stereocenters. The highest BCUT2D eigenvalue weighted by molar-refractivity contribution is 6.10. The Balaban J connectivity index is 0.000000132. The second-order valence-electron chi connectivity index (χ2n) is 10.4. The topological polar surface area (TPSA) is 9.86 Å². The Hall–Kier alpha value is -5.08. The highest BCUT2D eigenvalue weighted by atomic mass is 15.0. The Morgan fingerprint density at radius 1 is 0.325 bits per heavy atom. The van der Waals surface area contributed by atoms with Gasteiger partial charge in [-0.25, -0.2) is 0 Å². The number of benzene rings is 6. The molecule has 0 atom stereocenters. The summed E-state index contributed by atoms with van der Waals surface area (Å²) in [5.41, 5.74) is 10.1. The normalized spacial score (nSPS) is 11.2. The van der Waals surface area contributed by atoms with Gasteiger partial charge in [0.2, 0.25) is 0 Å². The number of aromatic nitrogens is 2. The number of fused-ring (bicyclic) bond motifs is 6. The van der Waals surface area contributed by atoms with Crippen LogP contribution in [0.1, 0.15) is 11.1 Å². The Morgan fingerprint density at radius 2 is 0.725 bits per heavy atom. The van der Waals surface area contributed by atoms with Crippen molar-refractivity contribution in [3.8, 4) is 11.4 Å². The fourth-order valence-electron chi connectivity index (χ4n) is 5.84. The molecule has 0 N–H and O–H groups in total. The maximum Gasteiger partial charge on any atom is 0.0541 e. The number of rotatable bonds is 2. The van der Waals surface area contributed by atoms with Crippen LogP contribution in [0.25, 0.3) is 55.0 Å². The van der Waals surface area contributed by atoms with E-state index in [1.54, 1.807) is 0 Å². The van der Waals surface area contributed by atoms with Gasteiger partial charge in [-0.2, -0.15) is 0 Å². The molecule has 192 valence electrons. The monoisotopic (exact) mass is 514 g/mol. The minimum atomic E-state index is 1.21. The van der Waals surface area contributed by atoms with Gasteiger partial charge in [-0.05, 0) is 68.4 Å². The van der Waals surface area contributed by atoms with E-state index in [9.17, 15) is 0 Å². The van der Waals surface area contributed by atoms with Crippen molar-refractivity contribution in [3.63, 3.8) is 0 Å². The van der Waals surface area contributed by atoms with Crippen LogP contribution >= 0.6 is 0 Å². The van der Waals surface area contributed by atoms with Crippen molar-refractivity contribution in [2.45, 2.75) is 13.8 Å². The molecule has 0 aliphatic carbocycles. The van der Waals surface area contributed by atoms with Gasteiger partial charge in [0.25, 0.3) is 0 Å². The lowest BCUT2D eigenvalue weighted by Crippen LogP contribution is -1.93. The zero-order valence-electron chi connectivity index (χ0n) is 22.8. The van der Waals surface area contributed by atoms with Crippen LogP contribution in [-0.4, -0.2) is 9.13 Å². The molecule has 40 heavy (non-hydrogen) atoms. The molecule has 0 radical (unpaired) electrons. The van der Waals surface area contributed by atoms with Gasteiger partial charge >= 0.3 is 0 Å². The lowest BCUT2D eigenvalue weighted by Gasteiger charge is -2.07. The summed E-state index contributed by atoms with van der Waals surface area (Å²) in [7, 11) is 0. The molecule has 0 saturated carbocycles. The first kappa shape index (κ1) is 24.0. The number of aryl methyl sites for hydroxylation is 2. The standard InChI is InChI=1S/2C19H15N/c1-14-10-12-15(13-11-14)20-18-8-4-2-6-16(18)17-7-3-5-9-19(17)20;1-14-11-12-19-17(13-14)16-9-5-6-10-18(16)20(19)15-7-3-2-4-8-15/h2*2-13H,1H3. The van der Waals surface area contributed by atoms with Crippen molar-refractivity contribution in [2.75, 3.05) is 0 Å². The van der Waals surface area contributed by atoms with Crippen molar-refractivity contribution in [1.29, 1.82) is 0 Å². The summed E-state index contributed by atoms with van der Waals surface area (Å²) in [5.74, 6) is 0. The second-order valence-corrected chi connectivity index (χ2v) is 10.4. The van der Waals surface area contributed by atoms with Crippen LogP contribution < -0.4 is 0 Å². The Kier molecular flexibility index (Phi) is 5.94. The van der Waals surface area contributed by atoms with Gasteiger partial charge in [-0.15, -0.1) is 0 Å². The van der Waals surface area contributed by atoms with Crippen molar-refractivity contribution in [3.05, 3.63) is 157 Å². The molecule has 2 heterocycles. The predicted octanol–water partition coefficient (Wildman–Crippen LogP) is 10.2. The van der Waals surface area contributed by atoms with Gasteiger partial charge in [0.1, 0.15) is 0 Å².